The number of hydrogen-bond acceptors (Lipinski definition) is 3. The zero-order valence-electron chi connectivity index (χ0n) is 11.3. The second-order valence-corrected chi connectivity index (χ2v) is 5.10. The summed E-state index contributed by atoms with van der Waals surface area (Å²) in [5.41, 5.74) is 0.679. The van der Waals surface area contributed by atoms with Gasteiger partial charge in [0, 0.05) is 5.92 Å². The van der Waals surface area contributed by atoms with E-state index in [4.69, 9.17) is 9.47 Å². The van der Waals surface area contributed by atoms with Crippen molar-refractivity contribution in [2.24, 2.45) is 5.92 Å². The predicted molar refractivity (Wildman–Crippen MR) is 74.5 cm³/mol. The van der Waals surface area contributed by atoms with Crippen LogP contribution in [0.2, 0.25) is 0 Å². The number of ether oxygens (including phenoxy) is 2. The summed E-state index contributed by atoms with van der Waals surface area (Å²) in [6.45, 7) is 4.85. The first kappa shape index (κ1) is 14.1. The van der Waals surface area contributed by atoms with E-state index in [0.29, 0.717) is 13.2 Å². The minimum atomic E-state index is -0.488. The normalized spacial score (nSPS) is 26.3. The lowest BCUT2D eigenvalue weighted by atomic mass is 9.92. The molecule has 1 aliphatic carbocycles. The van der Waals surface area contributed by atoms with Gasteiger partial charge in [-0.15, -0.1) is 0 Å². The molecule has 0 aromatic heterocycles. The highest BCUT2D eigenvalue weighted by Gasteiger charge is 2.44. The molecule has 1 N–H and O–H groups in total. The van der Waals surface area contributed by atoms with E-state index in [-0.39, 0.29) is 12.5 Å². The van der Waals surface area contributed by atoms with Crippen molar-refractivity contribution in [3.8, 4) is 0 Å². The van der Waals surface area contributed by atoms with Crippen molar-refractivity contribution in [2.45, 2.75) is 31.5 Å². The van der Waals surface area contributed by atoms with Crippen molar-refractivity contribution >= 4 is 0 Å². The van der Waals surface area contributed by atoms with Crippen molar-refractivity contribution in [1.82, 2.24) is 0 Å². The van der Waals surface area contributed by atoms with Crippen LogP contribution in [0.25, 0.3) is 0 Å². The monoisotopic (exact) mass is 262 g/mol. The maximum atomic E-state index is 9.61. The zero-order valence-corrected chi connectivity index (χ0v) is 11.3. The standard InChI is InChI=1S/C16H22O3/c1-2-19-16(13-17)10-6-9-15(16)12-18-11-14-7-4-3-5-8-14/h2-5,7-8,15,17H,1,6,9-13H2/t15-,16-/m0/s1. The molecule has 3 heteroatoms. The first-order valence-electron chi connectivity index (χ1n) is 6.82. The van der Waals surface area contributed by atoms with Crippen molar-refractivity contribution in [2.75, 3.05) is 13.2 Å². The molecule has 0 aliphatic heterocycles. The first-order valence-corrected chi connectivity index (χ1v) is 6.82. The van der Waals surface area contributed by atoms with Crippen molar-refractivity contribution in [3.63, 3.8) is 0 Å². The van der Waals surface area contributed by atoms with Crippen LogP contribution in [0.15, 0.2) is 43.2 Å². The van der Waals surface area contributed by atoms with Gasteiger partial charge in [0.2, 0.25) is 0 Å². The smallest absolute Gasteiger partial charge is 0.136 e. The SMILES string of the molecule is C=CO[C@]1(CO)CCC[C@H]1COCc1ccccc1. The molecule has 1 aliphatic rings. The van der Waals surface area contributed by atoms with Crippen molar-refractivity contribution in [3.05, 3.63) is 48.7 Å². The molecule has 19 heavy (non-hydrogen) atoms. The summed E-state index contributed by atoms with van der Waals surface area (Å²) in [6.07, 6.45) is 4.40. The quantitative estimate of drug-likeness (QED) is 0.768. The number of rotatable bonds is 7. The van der Waals surface area contributed by atoms with Gasteiger partial charge in [0.25, 0.3) is 0 Å². The molecule has 1 aromatic rings. The lowest BCUT2D eigenvalue weighted by Crippen LogP contribution is -2.41. The Labute approximate surface area is 114 Å². The highest BCUT2D eigenvalue weighted by atomic mass is 16.5. The molecule has 2 atom stereocenters. The Hall–Kier alpha value is -1.32. The Kier molecular flexibility index (Phi) is 5.00. The van der Waals surface area contributed by atoms with Crippen LogP contribution >= 0.6 is 0 Å². The Bertz CT molecular complexity index is 390. The van der Waals surface area contributed by atoms with E-state index >= 15 is 0 Å². The van der Waals surface area contributed by atoms with Crippen LogP contribution in [0, 0.1) is 5.92 Å². The maximum Gasteiger partial charge on any atom is 0.136 e. The van der Waals surface area contributed by atoms with Gasteiger partial charge < -0.3 is 14.6 Å². The van der Waals surface area contributed by atoms with Crippen LogP contribution < -0.4 is 0 Å². The van der Waals surface area contributed by atoms with Gasteiger partial charge in [-0.25, -0.2) is 0 Å². The van der Waals surface area contributed by atoms with Crippen LogP contribution in [0.3, 0.4) is 0 Å². The third-order valence-electron chi connectivity index (χ3n) is 3.91. The molecule has 1 saturated carbocycles. The third-order valence-corrected chi connectivity index (χ3v) is 3.91. The van der Waals surface area contributed by atoms with Crippen LogP contribution in [-0.4, -0.2) is 23.9 Å². The van der Waals surface area contributed by atoms with Crippen LogP contribution in [0.1, 0.15) is 24.8 Å². The fourth-order valence-electron chi connectivity index (χ4n) is 2.81. The maximum absolute atomic E-state index is 9.61. The lowest BCUT2D eigenvalue weighted by molar-refractivity contribution is -0.0795. The summed E-state index contributed by atoms with van der Waals surface area (Å²) < 4.78 is 11.4. The summed E-state index contributed by atoms with van der Waals surface area (Å²) in [6, 6.07) is 10.1. The summed E-state index contributed by atoms with van der Waals surface area (Å²) in [7, 11) is 0. The molecule has 0 saturated heterocycles. The van der Waals surface area contributed by atoms with E-state index in [9.17, 15) is 5.11 Å². The molecule has 0 amide bonds. The summed E-state index contributed by atoms with van der Waals surface area (Å²) in [5.74, 6) is 0.235. The van der Waals surface area contributed by atoms with Crippen LogP contribution in [0.4, 0.5) is 0 Å². The van der Waals surface area contributed by atoms with E-state index < -0.39 is 5.60 Å². The molecule has 0 heterocycles. The van der Waals surface area contributed by atoms with Gasteiger partial charge in [0.05, 0.1) is 26.1 Å². The van der Waals surface area contributed by atoms with Crippen molar-refractivity contribution < 1.29 is 14.6 Å². The van der Waals surface area contributed by atoms with E-state index in [1.54, 1.807) is 0 Å². The average Bonchev–Trinajstić information content (AvgIpc) is 2.84. The molecule has 104 valence electrons. The largest absolute Gasteiger partial charge is 0.493 e. The summed E-state index contributed by atoms with van der Waals surface area (Å²) in [4.78, 5) is 0. The third kappa shape index (κ3) is 3.37. The number of aliphatic hydroxyl groups is 1. The number of benzene rings is 1. The van der Waals surface area contributed by atoms with Crippen molar-refractivity contribution in [1.29, 1.82) is 0 Å². The second-order valence-electron chi connectivity index (χ2n) is 5.10. The van der Waals surface area contributed by atoms with E-state index in [1.165, 1.54) is 11.8 Å². The van der Waals surface area contributed by atoms with Crippen LogP contribution in [-0.2, 0) is 16.1 Å². The molecule has 0 unspecified atom stereocenters. The van der Waals surface area contributed by atoms with E-state index in [2.05, 4.69) is 6.58 Å². The molecule has 0 radical (unpaired) electrons. The minimum absolute atomic E-state index is 0.0262. The molecular weight excluding hydrogens is 240 g/mol. The number of hydrogen-bond donors (Lipinski definition) is 1. The Balaban J connectivity index is 1.86. The second kappa shape index (κ2) is 6.73. The van der Waals surface area contributed by atoms with Crippen LogP contribution in [0.5, 0.6) is 0 Å². The van der Waals surface area contributed by atoms with Gasteiger partial charge in [-0.1, -0.05) is 36.9 Å². The Morgan fingerprint density at radius 2 is 2.16 bits per heavy atom. The number of aliphatic hydroxyl groups excluding tert-OH is 1. The highest BCUT2D eigenvalue weighted by molar-refractivity contribution is 5.13. The summed E-state index contributed by atoms with van der Waals surface area (Å²) >= 11 is 0. The highest BCUT2D eigenvalue weighted by Crippen LogP contribution is 2.39. The van der Waals surface area contributed by atoms with Gasteiger partial charge in [0.15, 0.2) is 0 Å². The fraction of sp³-hybridized carbons (Fsp3) is 0.500. The minimum Gasteiger partial charge on any atom is -0.493 e. The summed E-state index contributed by atoms with van der Waals surface area (Å²) in [5, 5.41) is 9.61. The molecule has 3 nitrogen and oxygen atoms in total. The lowest BCUT2D eigenvalue weighted by Gasteiger charge is -2.32. The molecule has 0 spiro atoms. The van der Waals surface area contributed by atoms with E-state index in [0.717, 1.165) is 19.3 Å². The Morgan fingerprint density at radius 1 is 1.37 bits per heavy atom. The zero-order chi connectivity index (χ0) is 13.6. The Morgan fingerprint density at radius 3 is 2.84 bits per heavy atom. The first-order chi connectivity index (χ1) is 9.30. The van der Waals surface area contributed by atoms with Gasteiger partial charge in [-0.3, -0.25) is 0 Å². The topological polar surface area (TPSA) is 38.7 Å². The van der Waals surface area contributed by atoms with Gasteiger partial charge in [-0.2, -0.15) is 0 Å². The van der Waals surface area contributed by atoms with E-state index in [1.807, 2.05) is 30.3 Å². The average molecular weight is 262 g/mol. The van der Waals surface area contributed by atoms with Gasteiger partial charge in [-0.05, 0) is 24.8 Å². The molecule has 1 fully saturated rings. The molecule has 0 bridgehead atoms. The predicted octanol–water partition coefficient (Wildman–Crippen LogP) is 2.89. The molecule has 1 aromatic carbocycles. The molecular formula is C16H22O3. The van der Waals surface area contributed by atoms with Gasteiger partial charge in [0.1, 0.15) is 5.60 Å². The fourth-order valence-corrected chi connectivity index (χ4v) is 2.81. The molecule has 2 rings (SSSR count). The van der Waals surface area contributed by atoms with Gasteiger partial charge >= 0.3 is 0 Å².